The molecule has 1 saturated heterocycles. The van der Waals surface area contributed by atoms with Crippen molar-refractivity contribution >= 4 is 29.3 Å². The number of benzene rings is 2. The molecule has 3 atom stereocenters. The minimum absolute atomic E-state index is 0.106. The number of carbonyl (C=O) groups is 2. The van der Waals surface area contributed by atoms with E-state index < -0.39 is 0 Å². The molecule has 29 heavy (non-hydrogen) atoms. The molecular weight excluding hydrogens is 382 g/mol. The third-order valence-corrected chi connectivity index (χ3v) is 6.75. The van der Waals surface area contributed by atoms with Gasteiger partial charge in [-0.05, 0) is 67.3 Å². The van der Waals surface area contributed by atoms with Gasteiger partial charge >= 0.3 is 0 Å². The third kappa shape index (κ3) is 4.65. The molecule has 5 nitrogen and oxygen atoms in total. The molecule has 0 radical (unpaired) electrons. The summed E-state index contributed by atoms with van der Waals surface area (Å²) in [5, 5.41) is 2.99. The lowest BCUT2D eigenvalue weighted by Gasteiger charge is -2.41. The van der Waals surface area contributed by atoms with Crippen molar-refractivity contribution in [2.24, 2.45) is 11.8 Å². The topological polar surface area (TPSA) is 70.2 Å². The fraction of sp³-hybridized carbons (Fsp3) is 0.391. The predicted octanol–water partition coefficient (Wildman–Crippen LogP) is 4.01. The number of rotatable bonds is 5. The first-order valence-corrected chi connectivity index (χ1v) is 11.5. The van der Waals surface area contributed by atoms with Gasteiger partial charge in [-0.3, -0.25) is 15.0 Å². The molecule has 3 unspecified atom stereocenters. The van der Waals surface area contributed by atoms with E-state index in [4.69, 9.17) is 0 Å². The van der Waals surface area contributed by atoms with Crippen molar-refractivity contribution in [1.82, 2.24) is 10.9 Å². The molecule has 2 aromatic rings. The first-order valence-electron chi connectivity index (χ1n) is 10.2. The number of hydrogen-bond donors (Lipinski definition) is 3. The van der Waals surface area contributed by atoms with E-state index in [0.717, 1.165) is 41.8 Å². The molecule has 6 heteroatoms. The molecule has 4 rings (SSSR count). The maximum absolute atomic E-state index is 12.7. The van der Waals surface area contributed by atoms with Crippen molar-refractivity contribution in [3.05, 3.63) is 59.7 Å². The van der Waals surface area contributed by atoms with Crippen LogP contribution in [0.4, 0.5) is 5.69 Å². The molecule has 0 aromatic heterocycles. The minimum Gasteiger partial charge on any atom is -0.322 e. The number of hydrogen-bond acceptors (Lipinski definition) is 4. The van der Waals surface area contributed by atoms with Gasteiger partial charge in [-0.15, -0.1) is 11.8 Å². The molecule has 2 fully saturated rings. The summed E-state index contributed by atoms with van der Waals surface area (Å²) in [6, 6.07) is 15.8. The Balaban J connectivity index is 1.45. The van der Waals surface area contributed by atoms with Crippen LogP contribution in [0.5, 0.6) is 0 Å². The average Bonchev–Trinajstić information content (AvgIpc) is 2.76. The Bertz CT molecular complexity index is 901. The van der Waals surface area contributed by atoms with Crippen molar-refractivity contribution in [3.8, 4) is 0 Å². The highest BCUT2D eigenvalue weighted by Gasteiger charge is 2.39. The molecule has 152 valence electrons. The lowest BCUT2D eigenvalue weighted by atomic mass is 9.72. The highest BCUT2D eigenvalue weighted by molar-refractivity contribution is 7.98. The summed E-state index contributed by atoms with van der Waals surface area (Å²) < 4.78 is 0. The molecule has 1 aliphatic carbocycles. The number of hydrazine groups is 1. The van der Waals surface area contributed by atoms with Crippen molar-refractivity contribution in [2.45, 2.75) is 43.0 Å². The van der Waals surface area contributed by atoms with E-state index in [0.29, 0.717) is 11.5 Å². The van der Waals surface area contributed by atoms with Gasteiger partial charge in [-0.25, -0.2) is 5.43 Å². The van der Waals surface area contributed by atoms with Gasteiger partial charge in [0.25, 0.3) is 5.91 Å². The second-order valence-corrected chi connectivity index (χ2v) is 8.77. The number of nitrogens with one attached hydrogen (secondary N) is 3. The SMILES string of the molecule is CSc1cccc(NC(=O)c2cccc(CC3NNC(=O)C4CCCCC34)c2)c1. The number of amides is 2. The summed E-state index contributed by atoms with van der Waals surface area (Å²) in [5.74, 6) is 0.506. The van der Waals surface area contributed by atoms with Crippen LogP contribution in [0.1, 0.15) is 41.6 Å². The zero-order valence-corrected chi connectivity index (χ0v) is 17.4. The van der Waals surface area contributed by atoms with Gasteiger partial charge < -0.3 is 5.32 Å². The van der Waals surface area contributed by atoms with Gasteiger partial charge in [-0.1, -0.05) is 31.0 Å². The van der Waals surface area contributed by atoms with Gasteiger partial charge in [0, 0.05) is 28.1 Å². The fourth-order valence-corrected chi connectivity index (χ4v) is 4.99. The maximum atomic E-state index is 12.7. The fourth-order valence-electron chi connectivity index (χ4n) is 4.53. The number of carbonyl (C=O) groups excluding carboxylic acids is 2. The van der Waals surface area contributed by atoms with E-state index in [1.807, 2.05) is 48.7 Å². The molecule has 0 bridgehead atoms. The van der Waals surface area contributed by atoms with E-state index in [1.54, 1.807) is 11.8 Å². The Kier molecular flexibility index (Phi) is 6.21. The number of fused-ring (bicyclic) bond motifs is 1. The summed E-state index contributed by atoms with van der Waals surface area (Å²) in [4.78, 5) is 26.0. The lowest BCUT2D eigenvalue weighted by Crippen LogP contribution is -2.60. The van der Waals surface area contributed by atoms with Crippen LogP contribution in [-0.2, 0) is 11.2 Å². The summed E-state index contributed by atoms with van der Waals surface area (Å²) in [5.41, 5.74) is 8.63. The predicted molar refractivity (Wildman–Crippen MR) is 117 cm³/mol. The van der Waals surface area contributed by atoms with Crippen LogP contribution in [0.15, 0.2) is 53.4 Å². The highest BCUT2D eigenvalue weighted by atomic mass is 32.2. The molecule has 1 heterocycles. The molecule has 2 amide bonds. The van der Waals surface area contributed by atoms with E-state index in [1.165, 1.54) is 6.42 Å². The minimum atomic E-state index is -0.106. The largest absolute Gasteiger partial charge is 0.322 e. The summed E-state index contributed by atoms with van der Waals surface area (Å²) >= 11 is 1.65. The molecule has 2 aromatic carbocycles. The van der Waals surface area contributed by atoms with Crippen molar-refractivity contribution < 1.29 is 9.59 Å². The summed E-state index contributed by atoms with van der Waals surface area (Å²) in [6.07, 6.45) is 7.19. The standard InChI is InChI=1S/C23H27N3O2S/c1-29-18-9-5-8-17(14-18)24-22(27)16-7-4-6-15(12-16)13-21-19-10-2-3-11-20(19)23(28)26-25-21/h4-9,12,14,19-21,25H,2-3,10-11,13H2,1H3,(H,24,27)(H,26,28). The Morgan fingerprint density at radius 2 is 1.97 bits per heavy atom. The van der Waals surface area contributed by atoms with E-state index in [2.05, 4.69) is 22.2 Å². The maximum Gasteiger partial charge on any atom is 0.255 e. The second kappa shape index (κ2) is 9.01. The van der Waals surface area contributed by atoms with Crippen molar-refractivity contribution in [2.75, 3.05) is 11.6 Å². The van der Waals surface area contributed by atoms with E-state index >= 15 is 0 Å². The molecule has 1 saturated carbocycles. The lowest BCUT2D eigenvalue weighted by molar-refractivity contribution is -0.133. The molecule has 1 aliphatic heterocycles. The summed E-state index contributed by atoms with van der Waals surface area (Å²) in [7, 11) is 0. The first-order chi connectivity index (χ1) is 14.1. The van der Waals surface area contributed by atoms with Crippen LogP contribution in [0.25, 0.3) is 0 Å². The van der Waals surface area contributed by atoms with Crippen LogP contribution < -0.4 is 16.2 Å². The van der Waals surface area contributed by atoms with Gasteiger partial charge in [0.2, 0.25) is 5.91 Å². The second-order valence-electron chi connectivity index (χ2n) is 7.89. The Hall–Kier alpha value is -2.31. The number of thioether (sulfide) groups is 1. The molecule has 0 spiro atoms. The van der Waals surface area contributed by atoms with Gasteiger partial charge in [0.1, 0.15) is 0 Å². The van der Waals surface area contributed by atoms with Crippen LogP contribution in [0.3, 0.4) is 0 Å². The first kappa shape index (κ1) is 20.0. The van der Waals surface area contributed by atoms with Crippen LogP contribution in [0, 0.1) is 11.8 Å². The van der Waals surface area contributed by atoms with Crippen LogP contribution in [-0.4, -0.2) is 24.1 Å². The van der Waals surface area contributed by atoms with Gasteiger partial charge in [0.15, 0.2) is 0 Å². The van der Waals surface area contributed by atoms with E-state index in [9.17, 15) is 9.59 Å². The normalized spacial score (nSPS) is 23.8. The van der Waals surface area contributed by atoms with E-state index in [-0.39, 0.29) is 23.8 Å². The zero-order valence-electron chi connectivity index (χ0n) is 16.6. The molecule has 3 N–H and O–H groups in total. The molecular formula is C23H27N3O2S. The Labute approximate surface area is 176 Å². The quantitative estimate of drug-likeness (QED) is 0.653. The smallest absolute Gasteiger partial charge is 0.255 e. The monoisotopic (exact) mass is 409 g/mol. The molecule has 2 aliphatic rings. The van der Waals surface area contributed by atoms with Gasteiger partial charge in [-0.2, -0.15) is 0 Å². The zero-order chi connectivity index (χ0) is 20.2. The Morgan fingerprint density at radius 3 is 2.83 bits per heavy atom. The van der Waals surface area contributed by atoms with Crippen LogP contribution in [0.2, 0.25) is 0 Å². The Morgan fingerprint density at radius 1 is 1.14 bits per heavy atom. The van der Waals surface area contributed by atoms with Crippen molar-refractivity contribution in [3.63, 3.8) is 0 Å². The highest BCUT2D eigenvalue weighted by Crippen LogP contribution is 2.35. The third-order valence-electron chi connectivity index (χ3n) is 6.03. The van der Waals surface area contributed by atoms with Crippen molar-refractivity contribution in [1.29, 1.82) is 0 Å². The number of anilines is 1. The van der Waals surface area contributed by atoms with Crippen LogP contribution >= 0.6 is 11.8 Å². The van der Waals surface area contributed by atoms with Gasteiger partial charge in [0.05, 0.1) is 0 Å². The average molecular weight is 410 g/mol. The summed E-state index contributed by atoms with van der Waals surface area (Å²) in [6.45, 7) is 0.